The molecule has 0 unspecified atom stereocenters. The number of nitrogens with zero attached hydrogens (tertiary/aromatic N) is 2. The van der Waals surface area contributed by atoms with E-state index in [0.717, 1.165) is 22.4 Å². The molecule has 5 rings (SSSR count). The van der Waals surface area contributed by atoms with Gasteiger partial charge in [0.05, 0.1) is 17.3 Å². The third-order valence-electron chi connectivity index (χ3n) is 5.60. The Balaban J connectivity index is 1.40. The molecule has 0 saturated heterocycles. The molecule has 0 spiro atoms. The predicted octanol–water partition coefficient (Wildman–Crippen LogP) is 4.94. The summed E-state index contributed by atoms with van der Waals surface area (Å²) in [6, 6.07) is 25.0. The van der Waals surface area contributed by atoms with Gasteiger partial charge in [-0.15, -0.1) is 11.3 Å². The molecule has 1 aliphatic heterocycles. The zero-order valence-corrected chi connectivity index (χ0v) is 18.7. The maximum atomic E-state index is 13.3. The van der Waals surface area contributed by atoms with E-state index in [2.05, 4.69) is 10.3 Å². The molecule has 4 aromatic rings. The Morgan fingerprint density at radius 2 is 1.70 bits per heavy atom. The maximum Gasteiger partial charge on any atom is 0.264 e. The van der Waals surface area contributed by atoms with E-state index in [9.17, 15) is 9.59 Å². The van der Waals surface area contributed by atoms with E-state index < -0.39 is 5.92 Å². The Bertz CT molecular complexity index is 1270. The van der Waals surface area contributed by atoms with Crippen molar-refractivity contribution in [2.45, 2.75) is 5.92 Å². The summed E-state index contributed by atoms with van der Waals surface area (Å²) in [6.07, 6.45) is 0. The number of aromatic nitrogens is 1. The smallest absolute Gasteiger partial charge is 0.264 e. The number of ether oxygens (including phenoxy) is 1. The number of carbonyl (C=O) groups excluding carboxylic acids is 2. The van der Waals surface area contributed by atoms with E-state index in [0.29, 0.717) is 16.6 Å². The number of benzene rings is 3. The van der Waals surface area contributed by atoms with Crippen molar-refractivity contribution in [3.63, 3.8) is 0 Å². The van der Waals surface area contributed by atoms with E-state index in [-0.39, 0.29) is 18.4 Å². The summed E-state index contributed by atoms with van der Waals surface area (Å²) in [4.78, 5) is 31.5. The SMILES string of the molecule is CN1C(=O)COc2ccc(-c3csc(NC(=O)C(c4ccccc4)c4ccccc4)n3)cc21. The molecule has 1 N–H and O–H groups in total. The number of carbonyl (C=O) groups is 2. The van der Waals surface area contributed by atoms with Crippen molar-refractivity contribution in [3.8, 4) is 17.0 Å². The van der Waals surface area contributed by atoms with Crippen LogP contribution in [-0.4, -0.2) is 30.5 Å². The van der Waals surface area contributed by atoms with Gasteiger partial charge in [-0.2, -0.15) is 0 Å². The van der Waals surface area contributed by atoms with Gasteiger partial charge in [0.15, 0.2) is 11.7 Å². The second-order valence-electron chi connectivity index (χ2n) is 7.71. The topological polar surface area (TPSA) is 71.5 Å². The zero-order chi connectivity index (χ0) is 22.8. The molecular weight excluding hydrogens is 434 g/mol. The lowest BCUT2D eigenvalue weighted by Crippen LogP contribution is -2.35. The van der Waals surface area contributed by atoms with Gasteiger partial charge < -0.3 is 15.0 Å². The number of nitrogens with one attached hydrogen (secondary N) is 1. The molecule has 0 atom stereocenters. The highest BCUT2D eigenvalue weighted by molar-refractivity contribution is 7.14. The number of thiazole rings is 1. The zero-order valence-electron chi connectivity index (χ0n) is 17.9. The van der Waals surface area contributed by atoms with E-state index in [4.69, 9.17) is 4.74 Å². The summed E-state index contributed by atoms with van der Waals surface area (Å²) in [6.45, 7) is 0.0414. The average Bonchev–Trinajstić information content (AvgIpc) is 3.31. The fourth-order valence-corrected chi connectivity index (χ4v) is 4.58. The van der Waals surface area contributed by atoms with Crippen molar-refractivity contribution >= 4 is 34.0 Å². The number of hydrogen-bond donors (Lipinski definition) is 1. The number of fused-ring (bicyclic) bond motifs is 1. The molecule has 1 aliphatic rings. The summed E-state index contributed by atoms with van der Waals surface area (Å²) < 4.78 is 5.50. The third kappa shape index (κ3) is 4.23. The van der Waals surface area contributed by atoms with Gasteiger partial charge in [-0.1, -0.05) is 60.7 Å². The summed E-state index contributed by atoms with van der Waals surface area (Å²) in [5.74, 6) is -0.0188. The van der Waals surface area contributed by atoms with Gasteiger partial charge in [0, 0.05) is 18.0 Å². The minimum absolute atomic E-state index is 0.0414. The van der Waals surface area contributed by atoms with Crippen LogP contribution in [0, 0.1) is 0 Å². The first-order chi connectivity index (χ1) is 16.1. The maximum absolute atomic E-state index is 13.3. The molecule has 7 heteroatoms. The van der Waals surface area contributed by atoms with Crippen LogP contribution < -0.4 is 15.0 Å². The Kier molecular flexibility index (Phi) is 5.62. The highest BCUT2D eigenvalue weighted by Crippen LogP contribution is 2.36. The first-order valence-electron chi connectivity index (χ1n) is 10.5. The van der Waals surface area contributed by atoms with Crippen molar-refractivity contribution in [1.82, 2.24) is 4.98 Å². The fraction of sp³-hybridized carbons (Fsp3) is 0.115. The third-order valence-corrected chi connectivity index (χ3v) is 6.36. The van der Waals surface area contributed by atoms with Gasteiger partial charge in [0.25, 0.3) is 5.91 Å². The number of rotatable bonds is 5. The minimum Gasteiger partial charge on any atom is -0.482 e. The second kappa shape index (κ2) is 8.88. The largest absolute Gasteiger partial charge is 0.482 e. The summed E-state index contributed by atoms with van der Waals surface area (Å²) in [5, 5.41) is 5.40. The number of likely N-dealkylation sites (N-methyl/N-ethyl adjacent to an activating group) is 1. The van der Waals surface area contributed by atoms with E-state index in [1.54, 1.807) is 11.9 Å². The number of amides is 2. The van der Waals surface area contributed by atoms with Crippen molar-refractivity contribution in [3.05, 3.63) is 95.4 Å². The Hall–Kier alpha value is -3.97. The molecule has 2 amide bonds. The van der Waals surface area contributed by atoms with Crippen LogP contribution in [0.5, 0.6) is 5.75 Å². The summed E-state index contributed by atoms with van der Waals surface area (Å²) in [7, 11) is 1.73. The van der Waals surface area contributed by atoms with E-state index >= 15 is 0 Å². The Morgan fingerprint density at radius 3 is 2.36 bits per heavy atom. The fourth-order valence-electron chi connectivity index (χ4n) is 3.86. The molecule has 1 aromatic heterocycles. The standard InChI is InChI=1S/C26H21N3O3S/c1-29-21-14-19(12-13-22(21)32-15-23(29)30)20-16-33-26(27-20)28-25(31)24(17-8-4-2-5-9-17)18-10-6-3-7-11-18/h2-14,16,24H,15H2,1H3,(H,27,28,31). The Labute approximate surface area is 195 Å². The van der Waals surface area contributed by atoms with E-state index in [1.165, 1.54) is 11.3 Å². The Morgan fingerprint density at radius 1 is 1.03 bits per heavy atom. The molecule has 0 aliphatic carbocycles. The van der Waals surface area contributed by atoms with Crippen LogP contribution in [0.3, 0.4) is 0 Å². The van der Waals surface area contributed by atoms with Gasteiger partial charge in [0.2, 0.25) is 5.91 Å². The molecule has 0 saturated carbocycles. The van der Waals surface area contributed by atoms with Crippen LogP contribution >= 0.6 is 11.3 Å². The number of anilines is 2. The van der Waals surface area contributed by atoms with Gasteiger partial charge in [0.1, 0.15) is 5.75 Å². The molecule has 164 valence electrons. The van der Waals surface area contributed by atoms with E-state index in [1.807, 2.05) is 84.2 Å². The molecular formula is C26H21N3O3S. The molecule has 6 nitrogen and oxygen atoms in total. The average molecular weight is 456 g/mol. The van der Waals surface area contributed by atoms with Crippen molar-refractivity contribution < 1.29 is 14.3 Å². The highest BCUT2D eigenvalue weighted by Gasteiger charge is 2.25. The van der Waals surface area contributed by atoms with Crippen LogP contribution in [0.25, 0.3) is 11.3 Å². The summed E-state index contributed by atoms with van der Waals surface area (Å²) in [5.41, 5.74) is 4.11. The van der Waals surface area contributed by atoms with Gasteiger partial charge in [-0.05, 0) is 29.3 Å². The van der Waals surface area contributed by atoms with Crippen molar-refractivity contribution in [2.24, 2.45) is 0 Å². The second-order valence-corrected chi connectivity index (χ2v) is 8.56. The van der Waals surface area contributed by atoms with Crippen LogP contribution in [0.4, 0.5) is 10.8 Å². The lowest BCUT2D eigenvalue weighted by atomic mass is 9.90. The van der Waals surface area contributed by atoms with Gasteiger partial charge in [-0.3, -0.25) is 9.59 Å². The molecule has 0 radical (unpaired) electrons. The van der Waals surface area contributed by atoms with Gasteiger partial charge in [-0.25, -0.2) is 4.98 Å². The molecule has 0 fully saturated rings. The molecule has 33 heavy (non-hydrogen) atoms. The number of hydrogen-bond acceptors (Lipinski definition) is 5. The quantitative estimate of drug-likeness (QED) is 0.463. The lowest BCUT2D eigenvalue weighted by Gasteiger charge is -2.26. The van der Waals surface area contributed by atoms with Crippen LogP contribution in [0.2, 0.25) is 0 Å². The molecule has 3 aromatic carbocycles. The van der Waals surface area contributed by atoms with Crippen molar-refractivity contribution in [1.29, 1.82) is 0 Å². The summed E-state index contributed by atoms with van der Waals surface area (Å²) >= 11 is 1.36. The van der Waals surface area contributed by atoms with Crippen LogP contribution in [-0.2, 0) is 9.59 Å². The predicted molar refractivity (Wildman–Crippen MR) is 130 cm³/mol. The monoisotopic (exact) mass is 455 g/mol. The first-order valence-corrected chi connectivity index (χ1v) is 11.4. The normalized spacial score (nSPS) is 12.9. The van der Waals surface area contributed by atoms with Crippen LogP contribution in [0.15, 0.2) is 84.2 Å². The lowest BCUT2D eigenvalue weighted by molar-refractivity contribution is -0.121. The minimum atomic E-state index is -0.444. The van der Waals surface area contributed by atoms with Crippen molar-refractivity contribution in [2.75, 3.05) is 23.9 Å². The van der Waals surface area contributed by atoms with Gasteiger partial charge >= 0.3 is 0 Å². The molecule has 0 bridgehead atoms. The first kappa shape index (κ1) is 20.9. The molecule has 2 heterocycles. The highest BCUT2D eigenvalue weighted by atomic mass is 32.1. The van der Waals surface area contributed by atoms with Crippen LogP contribution in [0.1, 0.15) is 17.0 Å².